The van der Waals surface area contributed by atoms with Gasteiger partial charge in [0.25, 0.3) is 0 Å². The summed E-state index contributed by atoms with van der Waals surface area (Å²) in [5, 5.41) is 0. The van der Waals surface area contributed by atoms with Gasteiger partial charge in [0.2, 0.25) is 11.8 Å². The van der Waals surface area contributed by atoms with E-state index in [1.807, 2.05) is 12.1 Å². The van der Waals surface area contributed by atoms with Crippen LogP contribution in [0.4, 0.5) is 0 Å². The molecular formula is C12H12N2O2. The van der Waals surface area contributed by atoms with Gasteiger partial charge >= 0.3 is 0 Å². The van der Waals surface area contributed by atoms with Crippen molar-refractivity contribution in [1.29, 1.82) is 0 Å². The summed E-state index contributed by atoms with van der Waals surface area (Å²) >= 11 is 0. The van der Waals surface area contributed by atoms with E-state index < -0.39 is 11.8 Å². The molecule has 0 unspecified atom stereocenters. The van der Waals surface area contributed by atoms with E-state index in [1.165, 1.54) is 12.2 Å². The largest absolute Gasteiger partial charge is 0.366 e. The molecule has 0 fully saturated rings. The summed E-state index contributed by atoms with van der Waals surface area (Å²) in [4.78, 5) is 21.1. The van der Waals surface area contributed by atoms with Crippen LogP contribution in [-0.4, -0.2) is 11.8 Å². The summed E-state index contributed by atoms with van der Waals surface area (Å²) < 4.78 is 0. The predicted octanol–water partition coefficient (Wildman–Crippen LogP) is 0.684. The molecule has 0 bridgehead atoms. The summed E-state index contributed by atoms with van der Waals surface area (Å²) in [6.45, 7) is 0. The Kier molecular flexibility index (Phi) is 4.03. The van der Waals surface area contributed by atoms with Crippen molar-refractivity contribution in [3.8, 4) is 0 Å². The second-order valence-electron chi connectivity index (χ2n) is 3.14. The maximum Gasteiger partial charge on any atom is 0.241 e. The molecule has 16 heavy (non-hydrogen) atoms. The van der Waals surface area contributed by atoms with E-state index in [2.05, 4.69) is 0 Å². The van der Waals surface area contributed by atoms with E-state index in [-0.39, 0.29) is 0 Å². The molecule has 0 aliphatic rings. The molecule has 0 aromatic heterocycles. The van der Waals surface area contributed by atoms with Gasteiger partial charge in [0, 0.05) is 12.2 Å². The van der Waals surface area contributed by atoms with Gasteiger partial charge in [0.05, 0.1) is 0 Å². The highest BCUT2D eigenvalue weighted by molar-refractivity contribution is 5.91. The molecule has 1 rings (SSSR count). The normalized spacial score (nSPS) is 11.0. The molecule has 2 amide bonds. The van der Waals surface area contributed by atoms with Crippen LogP contribution in [-0.2, 0) is 9.59 Å². The third-order valence-corrected chi connectivity index (χ3v) is 1.79. The van der Waals surface area contributed by atoms with Crippen LogP contribution in [0.5, 0.6) is 0 Å². The number of benzene rings is 1. The van der Waals surface area contributed by atoms with Crippen molar-refractivity contribution in [3.63, 3.8) is 0 Å². The molecule has 1 aromatic rings. The topological polar surface area (TPSA) is 86.2 Å². The molecule has 0 aliphatic carbocycles. The number of nitrogens with two attached hydrogens (primary N) is 2. The highest BCUT2D eigenvalue weighted by atomic mass is 16.1. The fourth-order valence-corrected chi connectivity index (χ4v) is 1.12. The Morgan fingerprint density at radius 3 is 1.75 bits per heavy atom. The number of amides is 2. The number of hydrogen-bond donors (Lipinski definition) is 2. The van der Waals surface area contributed by atoms with Crippen molar-refractivity contribution in [2.75, 3.05) is 0 Å². The number of rotatable bonds is 4. The number of carbonyl (C=O) groups excluding carboxylic acids is 2. The SMILES string of the molecule is NC(=O)/C=C/c1cccc(/C=C/C(N)=O)c1. The molecule has 0 spiro atoms. The molecule has 82 valence electrons. The lowest BCUT2D eigenvalue weighted by atomic mass is 10.1. The molecule has 0 heterocycles. The molecule has 0 saturated heterocycles. The zero-order valence-corrected chi connectivity index (χ0v) is 8.59. The standard InChI is InChI=1S/C12H12N2O2/c13-11(15)6-4-9-2-1-3-10(8-9)5-7-12(14)16/h1-8H,(H2,13,15)(H2,14,16)/b6-4+,7-5+. The van der Waals surface area contributed by atoms with Gasteiger partial charge in [-0.1, -0.05) is 18.2 Å². The van der Waals surface area contributed by atoms with Crippen LogP contribution >= 0.6 is 0 Å². The first-order valence-corrected chi connectivity index (χ1v) is 4.63. The zero-order chi connectivity index (χ0) is 12.0. The van der Waals surface area contributed by atoms with Crippen molar-refractivity contribution < 1.29 is 9.59 Å². The first-order valence-electron chi connectivity index (χ1n) is 4.63. The van der Waals surface area contributed by atoms with Gasteiger partial charge in [-0.25, -0.2) is 0 Å². The van der Waals surface area contributed by atoms with E-state index in [4.69, 9.17) is 11.5 Å². The maximum atomic E-state index is 10.5. The Morgan fingerprint density at radius 2 is 1.38 bits per heavy atom. The Hall–Kier alpha value is -2.36. The molecule has 4 nitrogen and oxygen atoms in total. The molecule has 0 saturated carbocycles. The Balaban J connectivity index is 2.87. The van der Waals surface area contributed by atoms with Crippen LogP contribution in [0.2, 0.25) is 0 Å². The maximum absolute atomic E-state index is 10.5. The Bertz CT molecular complexity index is 423. The van der Waals surface area contributed by atoms with Gasteiger partial charge in [-0.2, -0.15) is 0 Å². The van der Waals surface area contributed by atoms with Crippen LogP contribution in [0, 0.1) is 0 Å². The lowest BCUT2D eigenvalue weighted by molar-refractivity contribution is -0.114. The van der Waals surface area contributed by atoms with Gasteiger partial charge < -0.3 is 11.5 Å². The van der Waals surface area contributed by atoms with E-state index in [0.29, 0.717) is 0 Å². The minimum Gasteiger partial charge on any atom is -0.366 e. The summed E-state index contributed by atoms with van der Waals surface area (Å²) in [6.07, 6.45) is 5.75. The number of hydrogen-bond acceptors (Lipinski definition) is 2. The van der Waals surface area contributed by atoms with Gasteiger partial charge in [0.1, 0.15) is 0 Å². The molecule has 0 atom stereocenters. The molecule has 0 aliphatic heterocycles. The van der Waals surface area contributed by atoms with E-state index in [0.717, 1.165) is 11.1 Å². The molecule has 1 aromatic carbocycles. The second kappa shape index (κ2) is 5.50. The second-order valence-corrected chi connectivity index (χ2v) is 3.14. The molecular weight excluding hydrogens is 204 g/mol. The van der Waals surface area contributed by atoms with Crippen molar-refractivity contribution in [1.82, 2.24) is 0 Å². The molecule has 0 radical (unpaired) electrons. The van der Waals surface area contributed by atoms with Crippen molar-refractivity contribution in [2.45, 2.75) is 0 Å². The smallest absolute Gasteiger partial charge is 0.241 e. The summed E-state index contributed by atoms with van der Waals surface area (Å²) in [7, 11) is 0. The predicted molar refractivity (Wildman–Crippen MR) is 62.9 cm³/mol. The van der Waals surface area contributed by atoms with Crippen LogP contribution in [0.3, 0.4) is 0 Å². The lowest BCUT2D eigenvalue weighted by Gasteiger charge is -1.95. The lowest BCUT2D eigenvalue weighted by Crippen LogP contribution is -2.05. The average molecular weight is 216 g/mol. The minimum absolute atomic E-state index is 0.502. The van der Waals surface area contributed by atoms with Gasteiger partial charge in [-0.15, -0.1) is 0 Å². The van der Waals surface area contributed by atoms with E-state index >= 15 is 0 Å². The Morgan fingerprint density at radius 1 is 0.938 bits per heavy atom. The van der Waals surface area contributed by atoms with Crippen LogP contribution in [0.1, 0.15) is 11.1 Å². The van der Waals surface area contributed by atoms with Crippen LogP contribution in [0.15, 0.2) is 36.4 Å². The molecule has 4 heteroatoms. The fraction of sp³-hybridized carbons (Fsp3) is 0. The summed E-state index contributed by atoms with van der Waals surface area (Å²) in [5.74, 6) is -1.00. The van der Waals surface area contributed by atoms with Gasteiger partial charge in [-0.05, 0) is 29.3 Å². The highest BCUT2D eigenvalue weighted by Gasteiger charge is 1.91. The van der Waals surface area contributed by atoms with Crippen molar-refractivity contribution >= 4 is 24.0 Å². The van der Waals surface area contributed by atoms with E-state index in [9.17, 15) is 9.59 Å². The van der Waals surface area contributed by atoms with Gasteiger partial charge in [-0.3, -0.25) is 9.59 Å². The first kappa shape index (κ1) is 11.7. The third kappa shape index (κ3) is 4.23. The monoisotopic (exact) mass is 216 g/mol. The van der Waals surface area contributed by atoms with E-state index in [1.54, 1.807) is 24.3 Å². The zero-order valence-electron chi connectivity index (χ0n) is 8.59. The average Bonchev–Trinajstić information content (AvgIpc) is 2.24. The number of carbonyl (C=O) groups is 2. The van der Waals surface area contributed by atoms with Crippen LogP contribution in [0.25, 0.3) is 12.2 Å². The minimum atomic E-state index is -0.502. The highest BCUT2D eigenvalue weighted by Crippen LogP contribution is 2.08. The Labute approximate surface area is 93.2 Å². The van der Waals surface area contributed by atoms with Gasteiger partial charge in [0.15, 0.2) is 0 Å². The molecule has 4 N–H and O–H groups in total. The van der Waals surface area contributed by atoms with Crippen molar-refractivity contribution in [2.24, 2.45) is 11.5 Å². The first-order chi connectivity index (χ1) is 7.58. The van der Waals surface area contributed by atoms with Crippen molar-refractivity contribution in [3.05, 3.63) is 47.5 Å². The number of primary amides is 2. The fourth-order valence-electron chi connectivity index (χ4n) is 1.12. The summed E-state index contributed by atoms with van der Waals surface area (Å²) in [6, 6.07) is 7.25. The third-order valence-electron chi connectivity index (χ3n) is 1.79. The quantitative estimate of drug-likeness (QED) is 0.725. The van der Waals surface area contributed by atoms with Crippen LogP contribution < -0.4 is 11.5 Å². The summed E-state index contributed by atoms with van der Waals surface area (Å²) in [5.41, 5.74) is 11.6.